The maximum absolute atomic E-state index is 12.4. The van der Waals surface area contributed by atoms with Crippen LogP contribution in [0.2, 0.25) is 0 Å². The van der Waals surface area contributed by atoms with Crippen molar-refractivity contribution in [3.05, 3.63) is 45.9 Å². The Kier molecular flexibility index (Phi) is 7.31. The Morgan fingerprint density at radius 2 is 2.05 bits per heavy atom. The van der Waals surface area contributed by atoms with Crippen LogP contribution in [-0.2, 0) is 13.1 Å². The van der Waals surface area contributed by atoms with E-state index in [1.54, 1.807) is 17.4 Å². The van der Waals surface area contributed by atoms with E-state index < -0.39 is 0 Å². The molecule has 0 aliphatic carbocycles. The summed E-state index contributed by atoms with van der Waals surface area (Å²) in [7, 11) is 1.63. The second kappa shape index (κ2) is 8.73. The highest BCUT2D eigenvalue weighted by Gasteiger charge is 2.17. The molecule has 0 bridgehead atoms. The van der Waals surface area contributed by atoms with Crippen LogP contribution in [0.3, 0.4) is 0 Å². The Morgan fingerprint density at radius 1 is 1.36 bits per heavy atom. The lowest BCUT2D eigenvalue weighted by molar-refractivity contribution is 0.0747. The first-order valence-electron chi connectivity index (χ1n) is 6.74. The smallest absolute Gasteiger partial charge is 0.273 e. The second-order valence-corrected chi connectivity index (χ2v) is 5.44. The van der Waals surface area contributed by atoms with Crippen LogP contribution in [0.1, 0.15) is 28.0 Å². The first-order valence-corrected chi connectivity index (χ1v) is 7.62. The zero-order valence-corrected chi connectivity index (χ0v) is 14.2. The second-order valence-electron chi connectivity index (χ2n) is 4.50. The highest BCUT2D eigenvalue weighted by atomic mass is 35.5. The fraction of sp³-hybridized carbons (Fsp3) is 0.333. The monoisotopic (exact) mass is 341 g/mol. The van der Waals surface area contributed by atoms with E-state index in [2.05, 4.69) is 4.98 Å². The fourth-order valence-electron chi connectivity index (χ4n) is 1.94. The third-order valence-corrected chi connectivity index (χ3v) is 4.02. The number of nitrogens with two attached hydrogens (primary N) is 1. The lowest BCUT2D eigenvalue weighted by Crippen LogP contribution is -2.30. The van der Waals surface area contributed by atoms with E-state index >= 15 is 0 Å². The average molecular weight is 342 g/mol. The quantitative estimate of drug-likeness (QED) is 0.877. The van der Waals surface area contributed by atoms with Crippen LogP contribution in [0.15, 0.2) is 29.6 Å². The van der Waals surface area contributed by atoms with Crippen molar-refractivity contribution >= 4 is 29.7 Å². The van der Waals surface area contributed by atoms with Crippen molar-refractivity contribution in [3.8, 4) is 5.75 Å². The molecule has 1 aromatic carbocycles. The van der Waals surface area contributed by atoms with Gasteiger partial charge in [-0.05, 0) is 24.6 Å². The normalized spacial score (nSPS) is 9.95. The van der Waals surface area contributed by atoms with Gasteiger partial charge in [0.25, 0.3) is 5.91 Å². The molecule has 2 N–H and O–H groups in total. The van der Waals surface area contributed by atoms with Crippen molar-refractivity contribution in [2.45, 2.75) is 20.0 Å². The Bertz CT molecular complexity index is 601. The van der Waals surface area contributed by atoms with Gasteiger partial charge in [-0.3, -0.25) is 4.79 Å². The summed E-state index contributed by atoms with van der Waals surface area (Å²) in [5.41, 5.74) is 7.06. The van der Waals surface area contributed by atoms with Gasteiger partial charge in [-0.25, -0.2) is 4.98 Å². The molecule has 0 spiro atoms. The molecule has 0 saturated carbocycles. The number of carbonyl (C=O) groups is 1. The van der Waals surface area contributed by atoms with Crippen LogP contribution in [-0.4, -0.2) is 29.4 Å². The van der Waals surface area contributed by atoms with E-state index in [4.69, 9.17) is 10.5 Å². The lowest BCUT2D eigenvalue weighted by Gasteiger charge is -2.20. The molecule has 1 heterocycles. The van der Waals surface area contributed by atoms with Gasteiger partial charge in [0.15, 0.2) is 0 Å². The summed E-state index contributed by atoms with van der Waals surface area (Å²) in [5, 5.41) is 2.54. The predicted octanol–water partition coefficient (Wildman–Crippen LogP) is 2.69. The molecule has 7 heteroatoms. The summed E-state index contributed by atoms with van der Waals surface area (Å²) in [5.74, 6) is 0.740. The fourth-order valence-corrected chi connectivity index (χ4v) is 2.59. The molecule has 0 unspecified atom stereocenters. The largest absolute Gasteiger partial charge is 0.497 e. The van der Waals surface area contributed by atoms with Gasteiger partial charge in [-0.15, -0.1) is 23.7 Å². The predicted molar refractivity (Wildman–Crippen MR) is 90.7 cm³/mol. The van der Waals surface area contributed by atoms with Crippen LogP contribution in [0, 0.1) is 0 Å². The topological polar surface area (TPSA) is 68.5 Å². The molecule has 0 aliphatic heterocycles. The zero-order chi connectivity index (χ0) is 15.2. The minimum absolute atomic E-state index is 0. The van der Waals surface area contributed by atoms with Crippen LogP contribution in [0.4, 0.5) is 0 Å². The molecule has 120 valence electrons. The summed E-state index contributed by atoms with van der Waals surface area (Å²) in [6.07, 6.45) is 0. The van der Waals surface area contributed by atoms with Crippen LogP contribution < -0.4 is 10.5 Å². The summed E-state index contributed by atoms with van der Waals surface area (Å²) >= 11 is 1.42. The molecule has 0 fully saturated rings. The van der Waals surface area contributed by atoms with Crippen molar-refractivity contribution in [2.75, 3.05) is 13.7 Å². The number of thiazole rings is 1. The first-order chi connectivity index (χ1) is 10.2. The van der Waals surface area contributed by atoms with Crippen molar-refractivity contribution in [1.29, 1.82) is 0 Å². The zero-order valence-electron chi connectivity index (χ0n) is 12.6. The molecule has 0 radical (unpaired) electrons. The molecule has 0 aliphatic rings. The van der Waals surface area contributed by atoms with Crippen molar-refractivity contribution < 1.29 is 9.53 Å². The molecule has 0 atom stereocenters. The minimum Gasteiger partial charge on any atom is -0.497 e. The average Bonchev–Trinajstić information content (AvgIpc) is 3.01. The molecule has 5 nitrogen and oxygen atoms in total. The third-order valence-electron chi connectivity index (χ3n) is 3.15. The highest BCUT2D eigenvalue weighted by molar-refractivity contribution is 7.09. The number of hydrogen-bond donors (Lipinski definition) is 1. The number of nitrogens with zero attached hydrogens (tertiary/aromatic N) is 2. The molecular formula is C15H20ClN3O2S. The number of amides is 1. The molecule has 2 aromatic rings. The van der Waals surface area contributed by atoms with Gasteiger partial charge in [-0.1, -0.05) is 12.1 Å². The van der Waals surface area contributed by atoms with Gasteiger partial charge in [0, 0.05) is 25.0 Å². The molecule has 0 saturated heterocycles. The maximum atomic E-state index is 12.4. The number of methoxy groups -OCH3 is 1. The minimum atomic E-state index is -0.0655. The van der Waals surface area contributed by atoms with E-state index in [1.165, 1.54) is 11.3 Å². The summed E-state index contributed by atoms with van der Waals surface area (Å²) in [6.45, 7) is 3.50. The number of aromatic nitrogens is 1. The third kappa shape index (κ3) is 4.43. The van der Waals surface area contributed by atoms with Crippen LogP contribution >= 0.6 is 23.7 Å². The number of halogens is 1. The molecule has 22 heavy (non-hydrogen) atoms. The Labute approximate surface area is 140 Å². The van der Waals surface area contributed by atoms with E-state index in [0.29, 0.717) is 25.3 Å². The summed E-state index contributed by atoms with van der Waals surface area (Å²) in [4.78, 5) is 18.4. The lowest BCUT2D eigenvalue weighted by atomic mass is 10.2. The standard InChI is InChI=1S/C15H19N3O2S.ClH/c1-3-18(9-11-4-6-12(20-2)7-5-11)15(19)13-10-21-14(8-16)17-13;/h4-7,10H,3,8-9,16H2,1-2H3;1H. The van der Waals surface area contributed by atoms with Gasteiger partial charge < -0.3 is 15.4 Å². The molecule has 1 aromatic heterocycles. The maximum Gasteiger partial charge on any atom is 0.273 e. The number of rotatable bonds is 6. The molecular weight excluding hydrogens is 322 g/mol. The highest BCUT2D eigenvalue weighted by Crippen LogP contribution is 2.16. The van der Waals surface area contributed by atoms with Gasteiger partial charge in [0.05, 0.1) is 7.11 Å². The van der Waals surface area contributed by atoms with Crippen LogP contribution in [0.5, 0.6) is 5.75 Å². The SMILES string of the molecule is CCN(Cc1ccc(OC)cc1)C(=O)c1csc(CN)n1.Cl. The summed E-state index contributed by atoms with van der Waals surface area (Å²) in [6, 6.07) is 7.70. The Morgan fingerprint density at radius 3 is 2.55 bits per heavy atom. The Hall–Kier alpha value is -1.63. The van der Waals surface area contributed by atoms with Gasteiger partial charge in [0.2, 0.25) is 0 Å². The molecule has 1 amide bonds. The van der Waals surface area contributed by atoms with Crippen LogP contribution in [0.25, 0.3) is 0 Å². The van der Waals surface area contributed by atoms with E-state index in [1.807, 2.05) is 31.2 Å². The molecule has 2 rings (SSSR count). The van der Waals surface area contributed by atoms with E-state index in [-0.39, 0.29) is 18.3 Å². The van der Waals surface area contributed by atoms with Crippen molar-refractivity contribution in [2.24, 2.45) is 5.73 Å². The Balaban J connectivity index is 0.00000242. The van der Waals surface area contributed by atoms with E-state index in [9.17, 15) is 4.79 Å². The number of benzene rings is 1. The van der Waals surface area contributed by atoms with E-state index in [0.717, 1.165) is 16.3 Å². The van der Waals surface area contributed by atoms with Gasteiger partial charge in [-0.2, -0.15) is 0 Å². The van der Waals surface area contributed by atoms with Gasteiger partial charge >= 0.3 is 0 Å². The summed E-state index contributed by atoms with van der Waals surface area (Å²) < 4.78 is 5.13. The first kappa shape index (κ1) is 18.4. The van der Waals surface area contributed by atoms with Crippen molar-refractivity contribution in [3.63, 3.8) is 0 Å². The number of carbonyl (C=O) groups excluding carboxylic acids is 1. The van der Waals surface area contributed by atoms with Crippen molar-refractivity contribution in [1.82, 2.24) is 9.88 Å². The van der Waals surface area contributed by atoms with Gasteiger partial charge in [0.1, 0.15) is 16.5 Å². The number of ether oxygens (including phenoxy) is 1. The number of hydrogen-bond acceptors (Lipinski definition) is 5.